The average Bonchev–Trinajstić information content (AvgIpc) is 3.23. The van der Waals surface area contributed by atoms with Crippen molar-refractivity contribution >= 4 is 17.9 Å². The van der Waals surface area contributed by atoms with Crippen LogP contribution >= 0.6 is 0 Å². The van der Waals surface area contributed by atoms with E-state index >= 15 is 9.59 Å². The number of carbonyl (C=O) groups excluding carboxylic acids is 3. The maximum Gasteiger partial charge on any atom is 0.338 e. The van der Waals surface area contributed by atoms with E-state index in [9.17, 15) is 9.90 Å². The molecule has 3 fully saturated rings. The Morgan fingerprint density at radius 3 is 1.69 bits per heavy atom. The number of aromatic hydroxyl groups is 1. The second kappa shape index (κ2) is 22.8. The summed E-state index contributed by atoms with van der Waals surface area (Å²) in [6.07, 6.45) is 15.0. The van der Waals surface area contributed by atoms with Crippen LogP contribution in [0.5, 0.6) is 5.75 Å². The van der Waals surface area contributed by atoms with E-state index in [1.807, 2.05) is 24.3 Å². The number of hydrogen-bond donors (Lipinski definition) is 2. The molecule has 5 rings (SSSR count). The number of benzene rings is 2. The second-order valence-electron chi connectivity index (χ2n) is 26.9. The van der Waals surface area contributed by atoms with Gasteiger partial charge in [-0.05, 0) is 164 Å². The van der Waals surface area contributed by atoms with Gasteiger partial charge in [0.15, 0.2) is 5.41 Å². The standard InChI is InChI=1S/C61H98N2O7/c1-17-18-21-24-42-25-27-44(28-26-42)45-29-31-46(32-30-45)52(65)68-34-23-20-19-22-33-61(53(66)69-47-38-57(8,9)62-58(10,11)39-47,54(67)70-48-40-59(12,13)63(16)60(14,15)41-48)37-43-35-49(55(2,3)4)51(64)50(36-43)56(5,6)7/h29-32,35-36,42,44,47-48,62,64H,17-28,33-34,37-41H2,1-16H3. The van der Waals surface area contributed by atoms with Crippen LogP contribution in [0.3, 0.4) is 0 Å². The summed E-state index contributed by atoms with van der Waals surface area (Å²) >= 11 is 0. The zero-order chi connectivity index (χ0) is 52.1. The van der Waals surface area contributed by atoms with Crippen LogP contribution in [-0.4, -0.2) is 75.9 Å². The van der Waals surface area contributed by atoms with Gasteiger partial charge in [-0.2, -0.15) is 0 Å². The molecule has 1 atom stereocenters. The zero-order valence-electron chi connectivity index (χ0n) is 47.1. The molecule has 2 aliphatic heterocycles. The van der Waals surface area contributed by atoms with Gasteiger partial charge >= 0.3 is 17.9 Å². The molecule has 2 aromatic rings. The molecule has 394 valence electrons. The molecule has 2 N–H and O–H groups in total. The van der Waals surface area contributed by atoms with Gasteiger partial charge in [0.25, 0.3) is 0 Å². The van der Waals surface area contributed by atoms with Crippen LogP contribution in [0.2, 0.25) is 0 Å². The van der Waals surface area contributed by atoms with Gasteiger partial charge < -0.3 is 24.6 Å². The summed E-state index contributed by atoms with van der Waals surface area (Å²) in [4.78, 5) is 46.5. The monoisotopic (exact) mass is 971 g/mol. The van der Waals surface area contributed by atoms with Crippen molar-refractivity contribution in [2.45, 2.75) is 271 Å². The second-order valence-corrected chi connectivity index (χ2v) is 26.9. The number of ether oxygens (including phenoxy) is 3. The summed E-state index contributed by atoms with van der Waals surface area (Å²) in [5, 5.41) is 15.5. The third-order valence-corrected chi connectivity index (χ3v) is 16.5. The summed E-state index contributed by atoms with van der Waals surface area (Å²) in [5.41, 5.74) is 0.664. The van der Waals surface area contributed by atoms with Crippen LogP contribution < -0.4 is 5.32 Å². The SMILES string of the molecule is CCCCCC1CCC(c2ccc(C(=O)OCCCCCCC(Cc3cc(C(C)(C)C)c(O)c(C(C)(C)C)c3)(C(=O)OC3CC(C)(C)NC(C)(C)C3)C(=O)OC3CC(C)(C)N(C)C(C)(C)C3)cc2)CC1. The van der Waals surface area contributed by atoms with Gasteiger partial charge in [0.1, 0.15) is 18.0 Å². The first kappa shape index (κ1) is 57.5. The minimum absolute atomic E-state index is 0.0744. The van der Waals surface area contributed by atoms with Crippen LogP contribution in [0.1, 0.15) is 252 Å². The predicted molar refractivity (Wildman–Crippen MR) is 286 cm³/mol. The van der Waals surface area contributed by atoms with Crippen LogP contribution in [0.4, 0.5) is 0 Å². The lowest BCUT2D eigenvalue weighted by atomic mass is 9.73. The summed E-state index contributed by atoms with van der Waals surface area (Å²) in [7, 11) is 2.13. The van der Waals surface area contributed by atoms with Gasteiger partial charge in [0.05, 0.1) is 12.2 Å². The summed E-state index contributed by atoms with van der Waals surface area (Å²) < 4.78 is 19.2. The van der Waals surface area contributed by atoms with Crippen LogP contribution in [0, 0.1) is 11.3 Å². The Kier molecular flexibility index (Phi) is 18.7. The van der Waals surface area contributed by atoms with E-state index in [0.29, 0.717) is 63.0 Å². The summed E-state index contributed by atoms with van der Waals surface area (Å²) in [6.45, 7) is 32.3. The first-order valence-electron chi connectivity index (χ1n) is 27.5. The molecule has 2 aromatic carbocycles. The largest absolute Gasteiger partial charge is 0.507 e. The molecule has 70 heavy (non-hydrogen) atoms. The van der Waals surface area contributed by atoms with E-state index in [2.05, 4.69) is 133 Å². The van der Waals surface area contributed by atoms with Crippen molar-refractivity contribution in [3.8, 4) is 5.75 Å². The fraction of sp³-hybridized carbons (Fsp3) is 0.754. The van der Waals surface area contributed by atoms with Crippen molar-refractivity contribution in [3.63, 3.8) is 0 Å². The highest BCUT2D eigenvalue weighted by Crippen LogP contribution is 2.45. The zero-order valence-corrected chi connectivity index (χ0v) is 47.1. The van der Waals surface area contributed by atoms with Crippen molar-refractivity contribution in [2.75, 3.05) is 13.7 Å². The number of carbonyl (C=O) groups is 3. The van der Waals surface area contributed by atoms with E-state index < -0.39 is 40.4 Å². The molecule has 0 amide bonds. The number of likely N-dealkylation sites (tertiary alicyclic amines) is 1. The molecule has 1 unspecified atom stereocenters. The Morgan fingerprint density at radius 1 is 0.686 bits per heavy atom. The molecular weight excluding hydrogens is 873 g/mol. The Labute approximate surface area is 425 Å². The van der Waals surface area contributed by atoms with Crippen molar-refractivity contribution in [1.29, 1.82) is 0 Å². The Hall–Kier alpha value is -3.43. The molecule has 0 aromatic heterocycles. The Balaban J connectivity index is 1.37. The lowest BCUT2D eigenvalue weighted by molar-refractivity contribution is -0.186. The Bertz CT molecular complexity index is 1990. The Morgan fingerprint density at radius 2 is 1.19 bits per heavy atom. The van der Waals surface area contributed by atoms with Crippen molar-refractivity contribution < 1.29 is 33.7 Å². The van der Waals surface area contributed by atoms with E-state index in [-0.39, 0.29) is 46.7 Å². The highest BCUT2D eigenvalue weighted by atomic mass is 16.6. The van der Waals surface area contributed by atoms with Crippen LogP contribution in [-0.2, 0) is 41.1 Å². The summed E-state index contributed by atoms with van der Waals surface area (Å²) in [5.74, 6) is 0.289. The average molecular weight is 971 g/mol. The van der Waals surface area contributed by atoms with Crippen LogP contribution in [0.15, 0.2) is 36.4 Å². The fourth-order valence-electron chi connectivity index (χ4n) is 12.5. The van der Waals surface area contributed by atoms with E-state index in [0.717, 1.165) is 29.0 Å². The number of rotatable bonds is 19. The van der Waals surface area contributed by atoms with Crippen molar-refractivity contribution in [3.05, 3.63) is 64.2 Å². The van der Waals surface area contributed by atoms with E-state index in [4.69, 9.17) is 14.2 Å². The maximum atomic E-state index is 15.5. The molecule has 1 saturated carbocycles. The van der Waals surface area contributed by atoms with Crippen LogP contribution in [0.25, 0.3) is 0 Å². The number of nitrogens with zero attached hydrogens (tertiary/aromatic N) is 1. The van der Waals surface area contributed by atoms with Crippen molar-refractivity contribution in [1.82, 2.24) is 10.2 Å². The number of piperidine rings is 2. The summed E-state index contributed by atoms with van der Waals surface area (Å²) in [6, 6.07) is 12.1. The highest BCUT2D eigenvalue weighted by Gasteiger charge is 2.53. The topological polar surface area (TPSA) is 114 Å². The number of hydrogen-bond acceptors (Lipinski definition) is 9. The normalized spacial score (nSPS) is 22.7. The smallest absolute Gasteiger partial charge is 0.338 e. The van der Waals surface area contributed by atoms with Gasteiger partial charge in [-0.3, -0.25) is 14.5 Å². The molecule has 9 heteroatoms. The molecule has 9 nitrogen and oxygen atoms in total. The maximum absolute atomic E-state index is 15.5. The number of nitrogens with one attached hydrogen (secondary N) is 1. The molecule has 2 heterocycles. The highest BCUT2D eigenvalue weighted by molar-refractivity contribution is 6.00. The third kappa shape index (κ3) is 15.1. The number of esters is 3. The lowest BCUT2D eigenvalue weighted by Gasteiger charge is -2.53. The molecule has 1 aliphatic carbocycles. The quantitative estimate of drug-likeness (QED) is 0.0615. The minimum Gasteiger partial charge on any atom is -0.507 e. The van der Waals surface area contributed by atoms with Gasteiger partial charge in [0, 0.05) is 47.8 Å². The molecule has 0 spiro atoms. The van der Waals surface area contributed by atoms with Gasteiger partial charge in [-0.1, -0.05) is 118 Å². The van der Waals surface area contributed by atoms with Gasteiger partial charge in [-0.25, -0.2) is 4.79 Å². The van der Waals surface area contributed by atoms with E-state index in [1.165, 1.54) is 56.9 Å². The number of phenolic OH excluding ortho intramolecular Hbond substituents is 1. The van der Waals surface area contributed by atoms with Gasteiger partial charge in [-0.15, -0.1) is 0 Å². The molecule has 2 saturated heterocycles. The number of unbranched alkanes of at least 4 members (excludes halogenated alkanes) is 5. The fourth-order valence-corrected chi connectivity index (χ4v) is 12.5. The number of phenols is 1. The lowest BCUT2D eigenvalue weighted by Crippen LogP contribution is -2.61. The third-order valence-electron chi connectivity index (χ3n) is 16.5. The molecule has 3 aliphatic rings. The minimum atomic E-state index is -1.66. The molecule has 0 radical (unpaired) electrons. The molecule has 0 bridgehead atoms. The predicted octanol–water partition coefficient (Wildman–Crippen LogP) is 14.2. The first-order valence-corrected chi connectivity index (χ1v) is 27.5. The first-order chi connectivity index (χ1) is 32.4. The van der Waals surface area contributed by atoms with E-state index in [1.54, 1.807) is 0 Å². The van der Waals surface area contributed by atoms with Crippen molar-refractivity contribution in [2.24, 2.45) is 11.3 Å². The van der Waals surface area contributed by atoms with Gasteiger partial charge in [0.2, 0.25) is 0 Å². The molecular formula is C61H98N2O7.